The molecular weight excluding hydrogens is 320 g/mol. The first-order valence-corrected chi connectivity index (χ1v) is 9.83. The zero-order valence-electron chi connectivity index (χ0n) is 15.1. The highest BCUT2D eigenvalue weighted by atomic mass is 32.2. The smallest absolute Gasteiger partial charge is 0.250 e. The monoisotopic (exact) mass is 350 g/mol. The summed E-state index contributed by atoms with van der Waals surface area (Å²) >= 11 is 2.03. The van der Waals surface area contributed by atoms with E-state index in [9.17, 15) is 4.79 Å². The summed E-state index contributed by atoms with van der Waals surface area (Å²) in [6.45, 7) is 11.2. The first-order chi connectivity index (χ1) is 11.5. The molecule has 0 unspecified atom stereocenters. The van der Waals surface area contributed by atoms with Gasteiger partial charge >= 0.3 is 0 Å². The topological polar surface area (TPSA) is 49.6 Å². The number of aryl methyl sites for hydroxylation is 1. The SMILES string of the molecule is CCNC(=NCCCCn1ccccc1=O)N1CCSC(C)(C)C1. The number of rotatable bonds is 6. The van der Waals surface area contributed by atoms with Gasteiger partial charge in [-0.25, -0.2) is 0 Å². The fourth-order valence-electron chi connectivity index (χ4n) is 2.85. The van der Waals surface area contributed by atoms with Crippen molar-refractivity contribution >= 4 is 17.7 Å². The summed E-state index contributed by atoms with van der Waals surface area (Å²) in [6.07, 6.45) is 3.81. The summed E-state index contributed by atoms with van der Waals surface area (Å²) in [5.41, 5.74) is 0.0717. The number of unbranched alkanes of at least 4 members (excludes halogenated alkanes) is 1. The summed E-state index contributed by atoms with van der Waals surface area (Å²) in [5, 5.41) is 3.42. The maximum atomic E-state index is 11.7. The normalized spacial score (nSPS) is 17.8. The van der Waals surface area contributed by atoms with Crippen LogP contribution < -0.4 is 10.9 Å². The summed E-state index contributed by atoms with van der Waals surface area (Å²) < 4.78 is 2.04. The van der Waals surface area contributed by atoms with Gasteiger partial charge in [0.25, 0.3) is 0 Å². The van der Waals surface area contributed by atoms with Crippen LogP contribution in [-0.4, -0.2) is 52.1 Å². The molecule has 0 bridgehead atoms. The number of hydrogen-bond donors (Lipinski definition) is 1. The van der Waals surface area contributed by atoms with Gasteiger partial charge in [-0.2, -0.15) is 11.8 Å². The highest BCUT2D eigenvalue weighted by Gasteiger charge is 2.28. The lowest BCUT2D eigenvalue weighted by Crippen LogP contribution is -2.51. The van der Waals surface area contributed by atoms with Crippen LogP contribution in [-0.2, 0) is 6.54 Å². The Labute approximate surface area is 149 Å². The molecule has 2 rings (SSSR count). The zero-order valence-corrected chi connectivity index (χ0v) is 15.9. The Morgan fingerprint density at radius 1 is 1.38 bits per heavy atom. The van der Waals surface area contributed by atoms with E-state index in [-0.39, 0.29) is 10.3 Å². The molecule has 134 valence electrons. The van der Waals surface area contributed by atoms with Crippen LogP contribution in [0.15, 0.2) is 34.2 Å². The van der Waals surface area contributed by atoms with Crippen LogP contribution in [0.2, 0.25) is 0 Å². The summed E-state index contributed by atoms with van der Waals surface area (Å²) in [7, 11) is 0. The molecule has 0 atom stereocenters. The van der Waals surface area contributed by atoms with Crippen molar-refractivity contribution in [1.29, 1.82) is 0 Å². The van der Waals surface area contributed by atoms with Crippen LogP contribution in [0.3, 0.4) is 0 Å². The van der Waals surface area contributed by atoms with Gasteiger partial charge in [0.1, 0.15) is 0 Å². The fraction of sp³-hybridized carbons (Fsp3) is 0.667. The third kappa shape index (κ3) is 5.89. The molecule has 2 heterocycles. The Kier molecular flexibility index (Phi) is 7.21. The van der Waals surface area contributed by atoms with Gasteiger partial charge in [0.2, 0.25) is 5.56 Å². The van der Waals surface area contributed by atoms with E-state index < -0.39 is 0 Å². The van der Waals surface area contributed by atoms with Crippen LogP contribution >= 0.6 is 11.8 Å². The van der Waals surface area contributed by atoms with Gasteiger partial charge < -0.3 is 14.8 Å². The molecule has 1 N–H and O–H groups in total. The number of aliphatic imine (C=N–C) groups is 1. The quantitative estimate of drug-likeness (QED) is 0.486. The molecule has 0 saturated carbocycles. The highest BCUT2D eigenvalue weighted by Crippen LogP contribution is 2.29. The van der Waals surface area contributed by atoms with E-state index in [1.54, 1.807) is 16.7 Å². The van der Waals surface area contributed by atoms with E-state index in [4.69, 9.17) is 4.99 Å². The minimum absolute atomic E-state index is 0.0717. The van der Waals surface area contributed by atoms with Crippen LogP contribution in [0.25, 0.3) is 0 Å². The lowest BCUT2D eigenvalue weighted by molar-refractivity contribution is 0.375. The van der Waals surface area contributed by atoms with E-state index in [1.807, 2.05) is 24.0 Å². The molecule has 5 nitrogen and oxygen atoms in total. The lowest BCUT2D eigenvalue weighted by Gasteiger charge is -2.39. The first kappa shape index (κ1) is 18.9. The Hall–Kier alpha value is -1.43. The first-order valence-electron chi connectivity index (χ1n) is 8.84. The van der Waals surface area contributed by atoms with E-state index in [0.29, 0.717) is 0 Å². The molecule has 1 fully saturated rings. The van der Waals surface area contributed by atoms with Crippen LogP contribution in [0, 0.1) is 0 Å². The number of guanidine groups is 1. The van der Waals surface area contributed by atoms with E-state index >= 15 is 0 Å². The van der Waals surface area contributed by atoms with E-state index in [1.165, 1.54) is 0 Å². The molecule has 24 heavy (non-hydrogen) atoms. The van der Waals surface area contributed by atoms with Crippen molar-refractivity contribution in [2.45, 2.75) is 44.9 Å². The van der Waals surface area contributed by atoms with E-state index in [0.717, 1.165) is 57.3 Å². The minimum atomic E-state index is 0.0717. The molecule has 0 spiro atoms. The Bertz CT molecular complexity index is 597. The molecule has 1 aromatic rings. The van der Waals surface area contributed by atoms with Crippen LogP contribution in [0.5, 0.6) is 0 Å². The van der Waals surface area contributed by atoms with Gasteiger partial charge in [-0.15, -0.1) is 0 Å². The standard InChI is InChI=1S/C18H30N4OS/c1-4-19-17(22-13-14-24-18(2,3)15-22)20-10-6-8-12-21-11-7-5-9-16(21)23/h5,7,9,11H,4,6,8,10,12-15H2,1-3H3,(H,19,20). The predicted molar refractivity (Wildman–Crippen MR) is 104 cm³/mol. The van der Waals surface area contributed by atoms with E-state index in [2.05, 4.69) is 31.0 Å². The number of pyridine rings is 1. The molecule has 1 aliphatic rings. The molecule has 0 radical (unpaired) electrons. The average Bonchev–Trinajstić information content (AvgIpc) is 2.54. The summed E-state index contributed by atoms with van der Waals surface area (Å²) in [4.78, 5) is 18.8. The van der Waals surface area contributed by atoms with Gasteiger partial charge in [0.15, 0.2) is 5.96 Å². The maximum absolute atomic E-state index is 11.7. The second kappa shape index (κ2) is 9.16. The van der Waals surface area contributed by atoms with Gasteiger partial charge in [-0.3, -0.25) is 9.79 Å². The minimum Gasteiger partial charge on any atom is -0.357 e. The molecule has 6 heteroatoms. The molecule has 0 aromatic carbocycles. The number of aromatic nitrogens is 1. The lowest BCUT2D eigenvalue weighted by atomic mass is 10.2. The Balaban J connectivity index is 1.83. The molecular formula is C18H30N4OS. The third-order valence-electron chi connectivity index (χ3n) is 4.03. The average molecular weight is 351 g/mol. The molecule has 0 amide bonds. The van der Waals surface area contributed by atoms with Crippen molar-refractivity contribution < 1.29 is 0 Å². The number of thioether (sulfide) groups is 1. The zero-order chi connectivity index (χ0) is 17.4. The van der Waals surface area contributed by atoms with Gasteiger partial charge in [0, 0.05) is 55.5 Å². The van der Waals surface area contributed by atoms with Crippen molar-refractivity contribution in [1.82, 2.24) is 14.8 Å². The van der Waals surface area contributed by atoms with Crippen molar-refractivity contribution in [2.75, 3.05) is 31.9 Å². The number of hydrogen-bond acceptors (Lipinski definition) is 3. The summed E-state index contributed by atoms with van der Waals surface area (Å²) in [6, 6.07) is 5.29. The van der Waals surface area contributed by atoms with Gasteiger partial charge in [-0.1, -0.05) is 6.07 Å². The van der Waals surface area contributed by atoms with Gasteiger partial charge in [-0.05, 0) is 39.7 Å². The Morgan fingerprint density at radius 3 is 2.92 bits per heavy atom. The van der Waals surface area contributed by atoms with Crippen LogP contribution in [0.4, 0.5) is 0 Å². The van der Waals surface area contributed by atoms with Crippen molar-refractivity contribution in [3.63, 3.8) is 0 Å². The molecule has 1 aliphatic heterocycles. The largest absolute Gasteiger partial charge is 0.357 e. The second-order valence-corrected chi connectivity index (χ2v) is 8.51. The summed E-state index contributed by atoms with van der Waals surface area (Å²) in [5.74, 6) is 2.18. The van der Waals surface area contributed by atoms with Crippen molar-refractivity contribution in [3.8, 4) is 0 Å². The maximum Gasteiger partial charge on any atom is 0.250 e. The number of nitrogens with zero attached hydrogens (tertiary/aromatic N) is 3. The van der Waals surface area contributed by atoms with Gasteiger partial charge in [0.05, 0.1) is 0 Å². The van der Waals surface area contributed by atoms with Crippen molar-refractivity contribution in [2.24, 2.45) is 4.99 Å². The van der Waals surface area contributed by atoms with Crippen LogP contribution in [0.1, 0.15) is 33.6 Å². The fourth-order valence-corrected chi connectivity index (χ4v) is 3.96. The predicted octanol–water partition coefficient (Wildman–Crippen LogP) is 2.42. The molecule has 0 aliphatic carbocycles. The Morgan fingerprint density at radius 2 is 2.21 bits per heavy atom. The second-order valence-electron chi connectivity index (χ2n) is 6.70. The number of nitrogens with one attached hydrogen (secondary N) is 1. The molecule has 1 saturated heterocycles. The van der Waals surface area contributed by atoms with Crippen molar-refractivity contribution in [3.05, 3.63) is 34.7 Å². The molecule has 1 aromatic heterocycles. The third-order valence-corrected chi connectivity index (χ3v) is 5.33. The highest BCUT2D eigenvalue weighted by molar-refractivity contribution is 8.00.